The summed E-state index contributed by atoms with van der Waals surface area (Å²) < 4.78 is 119. The molecule has 89 heavy (non-hydrogen) atoms. The zero-order chi connectivity index (χ0) is 64.1. The Kier molecular flexibility index (Phi) is 30.6. The van der Waals surface area contributed by atoms with Crippen molar-refractivity contribution >= 4 is 45.9 Å². The van der Waals surface area contributed by atoms with Gasteiger partial charge in [-0.3, -0.25) is 28.5 Å². The number of piperazine rings is 1. The van der Waals surface area contributed by atoms with Crippen molar-refractivity contribution in [3.63, 3.8) is 0 Å². The van der Waals surface area contributed by atoms with Gasteiger partial charge in [0.05, 0.1) is 17.9 Å². The molecule has 2 aromatic carbocycles. The van der Waals surface area contributed by atoms with Crippen molar-refractivity contribution in [1.82, 2.24) is 34.1 Å². The Morgan fingerprint density at radius 3 is 2.10 bits per heavy atom. The van der Waals surface area contributed by atoms with E-state index in [1.54, 1.807) is 30.4 Å². The smallest absolute Gasteiger partial charge is 0.385 e. The largest absolute Gasteiger partial charge is 1.00 e. The van der Waals surface area contributed by atoms with Crippen LogP contribution in [0, 0.1) is 43.2 Å². The quantitative estimate of drug-likeness (QED) is 0.0225. The predicted molar refractivity (Wildman–Crippen MR) is 336 cm³/mol. The summed E-state index contributed by atoms with van der Waals surface area (Å²) >= 11 is 1.75. The summed E-state index contributed by atoms with van der Waals surface area (Å²) in [4.78, 5) is 52.6. The summed E-state index contributed by atoms with van der Waals surface area (Å²) in [7, 11) is 1.76. The monoisotopic (exact) mass is 1300 g/mol. The number of nitrogens with zero attached hydrogens (tertiary/aromatic N) is 7. The fourth-order valence-electron chi connectivity index (χ4n) is 12.2. The van der Waals surface area contributed by atoms with Crippen LogP contribution in [0.1, 0.15) is 194 Å². The molecule has 3 atom stereocenters. The molecule has 4 heterocycles. The third kappa shape index (κ3) is 19.7. The Bertz CT molecular complexity index is 3190. The Morgan fingerprint density at radius 2 is 1.55 bits per heavy atom. The van der Waals surface area contributed by atoms with Crippen molar-refractivity contribution in [3.05, 3.63) is 117 Å². The Balaban J connectivity index is 0.000000446. The van der Waals surface area contributed by atoms with Gasteiger partial charge in [-0.2, -0.15) is 25.6 Å². The molecular weight excluding hydrogens is 1210 g/mol. The van der Waals surface area contributed by atoms with E-state index in [1.165, 1.54) is 44.7 Å². The number of amides is 1. The number of rotatable bonds is 22. The SMILES string of the molecule is CC(=O)Cn1nc(C(F)F)c2c1C(F)(F)C1CC21.CCCC(=N)c1c(CC)ccc(-n2c(C(Cc3cc(F)cc(F)c3)C(C)C)nc3nc(C4CCC(F)(F)CC4)cc(NCCN4CCN(C(C)=O)CC4)c3c2=O)c1C.CCCCCCOC.CSC.[CH3-].[K+]. The minimum absolute atomic E-state index is 0. The second-order valence-corrected chi connectivity index (χ2v) is 24.6. The number of fused-ring (bicyclic) bond motifs is 4. The zero-order valence-electron chi connectivity index (χ0n) is 54.5. The Morgan fingerprint density at radius 1 is 0.910 bits per heavy atom. The molecule has 0 bridgehead atoms. The van der Waals surface area contributed by atoms with Crippen molar-refractivity contribution in [2.24, 2.45) is 11.8 Å². The van der Waals surface area contributed by atoms with Gasteiger partial charge in [0, 0.05) is 119 Å². The predicted octanol–water partition coefficient (Wildman–Crippen LogP) is 12.2. The average molecular weight is 1300 g/mol. The third-order valence-corrected chi connectivity index (χ3v) is 16.8. The molecule has 9 rings (SSSR count). The Labute approximate surface area is 568 Å². The van der Waals surface area contributed by atoms with Crippen LogP contribution >= 0.6 is 11.8 Å². The van der Waals surface area contributed by atoms with E-state index in [4.69, 9.17) is 20.1 Å². The molecule has 488 valence electrons. The number of ketones is 1. The van der Waals surface area contributed by atoms with Crippen LogP contribution in [0.5, 0.6) is 0 Å². The van der Waals surface area contributed by atoms with Gasteiger partial charge in [0.2, 0.25) is 11.8 Å². The summed E-state index contributed by atoms with van der Waals surface area (Å²) in [6.45, 7) is 19.3. The number of benzene rings is 2. The van der Waals surface area contributed by atoms with E-state index in [1.807, 2.05) is 70.2 Å². The number of pyridine rings is 1. The number of carbonyl (C=O) groups is 2. The van der Waals surface area contributed by atoms with Gasteiger partial charge < -0.3 is 27.8 Å². The van der Waals surface area contributed by atoms with Gasteiger partial charge in [-0.25, -0.2) is 36.3 Å². The van der Waals surface area contributed by atoms with E-state index in [-0.39, 0.29) is 144 Å². The first-order valence-electron chi connectivity index (χ1n) is 30.7. The molecule has 3 fully saturated rings. The summed E-state index contributed by atoms with van der Waals surface area (Å²) in [6.07, 6.45) is 8.81. The van der Waals surface area contributed by atoms with Crippen LogP contribution in [-0.2, 0) is 39.6 Å². The van der Waals surface area contributed by atoms with Crippen LogP contribution in [0.25, 0.3) is 16.7 Å². The van der Waals surface area contributed by atoms with E-state index >= 15 is 4.79 Å². The van der Waals surface area contributed by atoms with Crippen molar-refractivity contribution < 1.29 is 101 Å². The molecule has 1 aliphatic heterocycles. The molecule has 23 heteroatoms. The molecule has 1 saturated heterocycles. The van der Waals surface area contributed by atoms with E-state index in [2.05, 4.69) is 22.2 Å². The van der Waals surface area contributed by atoms with Gasteiger partial charge in [0.25, 0.3) is 17.9 Å². The summed E-state index contributed by atoms with van der Waals surface area (Å²) in [5, 5.41) is 16.3. The average Bonchev–Trinajstić information content (AvgIpc) is 1.55. The van der Waals surface area contributed by atoms with Crippen molar-refractivity contribution in [2.75, 3.05) is 70.8 Å². The number of methoxy groups -OCH3 is 1. The van der Waals surface area contributed by atoms with E-state index in [9.17, 15) is 44.7 Å². The molecule has 3 aliphatic carbocycles. The topological polar surface area (TPSA) is 151 Å². The fraction of sp³-hybridized carbons (Fsp3) is 0.606. The molecule has 2 N–H and O–H groups in total. The maximum absolute atomic E-state index is 15.4. The third-order valence-electron chi connectivity index (χ3n) is 16.8. The number of thioether (sulfide) groups is 1. The summed E-state index contributed by atoms with van der Waals surface area (Å²) in [5.41, 5.74) is 3.80. The number of Topliss-reactive ketones (excluding diaryl/α,β-unsaturated/α-hetero) is 1. The molecule has 2 saturated carbocycles. The number of aryl methyl sites for hydroxylation is 1. The van der Waals surface area contributed by atoms with Crippen molar-refractivity contribution in [2.45, 2.75) is 181 Å². The van der Waals surface area contributed by atoms with Crippen molar-refractivity contribution in [1.29, 1.82) is 5.41 Å². The summed E-state index contributed by atoms with van der Waals surface area (Å²) in [6, 6.07) is 9.10. The maximum Gasteiger partial charge on any atom is 1.00 e. The van der Waals surface area contributed by atoms with Crippen LogP contribution in [0.3, 0.4) is 0 Å². The van der Waals surface area contributed by atoms with Crippen molar-refractivity contribution in [3.8, 4) is 5.69 Å². The second-order valence-electron chi connectivity index (χ2n) is 23.8. The second kappa shape index (κ2) is 35.2. The van der Waals surface area contributed by atoms with E-state index < -0.39 is 64.8 Å². The van der Waals surface area contributed by atoms with E-state index in [0.29, 0.717) is 86.3 Å². The molecular formula is C66H92F8KN9O4S. The number of halogens is 8. The zero-order valence-corrected chi connectivity index (χ0v) is 58.4. The number of hydrogen-bond acceptors (Lipinski definition) is 11. The number of aromatic nitrogens is 5. The first-order chi connectivity index (χ1) is 41.3. The van der Waals surface area contributed by atoms with Gasteiger partial charge in [-0.05, 0) is 124 Å². The van der Waals surface area contributed by atoms with Gasteiger partial charge in [0.15, 0.2) is 11.4 Å². The van der Waals surface area contributed by atoms with Gasteiger partial charge >= 0.3 is 51.4 Å². The molecule has 1 amide bonds. The number of carbonyl (C=O) groups excluding carboxylic acids is 2. The van der Waals surface area contributed by atoms with Crippen LogP contribution in [0.4, 0.5) is 40.8 Å². The molecule has 0 spiro atoms. The fourth-order valence-corrected chi connectivity index (χ4v) is 12.2. The van der Waals surface area contributed by atoms with Gasteiger partial charge in [-0.15, -0.1) is 0 Å². The van der Waals surface area contributed by atoms with Crippen LogP contribution in [0.2, 0.25) is 0 Å². The van der Waals surface area contributed by atoms with E-state index in [0.717, 1.165) is 40.5 Å². The molecule has 3 aromatic heterocycles. The molecule has 4 aliphatic rings. The maximum atomic E-state index is 15.4. The first-order valence-corrected chi connectivity index (χ1v) is 32.3. The standard InChI is InChI=1S/C45H57F4N7O2.C11H10F4N2O.C7H16O.C2H6S.CH3.K/c1-7-9-36(50)40-28(5)39(11-10-31(40)8-2)56-43(35(27(3)4)24-30-22-33(46)25-34(47)23-30)53-42-41(44(56)58)38(26-37(52-42)32-12-14-45(48,49)15-13-32)51-16-17-54-18-20-55(21-19-54)29(6)57;1-4(18)3-17-9-7(8(16-17)10(12)13)5-2-6(5)11(9,14)15;1-3-4-5-6-7-8-2;1-3-2;;/h10-11,22-23,25-27,32,35,50H,7-9,12-21,24H2,1-6H3,(H,51,52);5-6,10H,2-3H2,1H3;3-7H2,1-2H3;1-2H3;1H3;/q;;;;-1;+1. The van der Waals surface area contributed by atoms with Crippen LogP contribution < -0.4 is 62.3 Å². The number of hydrogen-bond donors (Lipinski definition) is 2. The molecule has 5 aromatic rings. The number of anilines is 1. The van der Waals surface area contributed by atoms with Gasteiger partial charge in [0.1, 0.15) is 34.2 Å². The minimum atomic E-state index is -3.14. The minimum Gasteiger partial charge on any atom is -0.385 e. The number of ether oxygens (including phenoxy) is 1. The summed E-state index contributed by atoms with van der Waals surface area (Å²) in [5.74, 6) is -9.58. The molecule has 3 unspecified atom stereocenters. The number of alkyl halides is 6. The Hall–Kier alpha value is -4.10. The normalized spacial score (nSPS) is 17.6. The van der Waals surface area contributed by atoms with Crippen LogP contribution in [0.15, 0.2) is 41.2 Å². The number of unbranched alkanes of at least 4 members (excludes halogenated alkanes) is 3. The van der Waals surface area contributed by atoms with Crippen LogP contribution in [-0.4, -0.2) is 123 Å². The molecule has 13 nitrogen and oxygen atoms in total. The molecule has 0 radical (unpaired) electrons. The van der Waals surface area contributed by atoms with Gasteiger partial charge in [-0.1, -0.05) is 66.4 Å². The number of nitrogens with one attached hydrogen (secondary N) is 2. The first kappa shape index (κ1) is 77.3.